The minimum absolute atomic E-state index is 0.0598. The third-order valence-corrected chi connectivity index (χ3v) is 2.92. The molecule has 20 heavy (non-hydrogen) atoms. The van der Waals surface area contributed by atoms with Crippen molar-refractivity contribution in [1.29, 1.82) is 0 Å². The van der Waals surface area contributed by atoms with Crippen LogP contribution in [-0.2, 0) is 0 Å². The summed E-state index contributed by atoms with van der Waals surface area (Å²) in [5.74, 6) is 5.65. The number of carbonyl (C=O) groups is 1. The number of nitrogens with two attached hydrogens (primary N) is 1. The van der Waals surface area contributed by atoms with Gasteiger partial charge in [0.15, 0.2) is 0 Å². The molecule has 0 aliphatic heterocycles. The monoisotopic (exact) mass is 274 g/mol. The molecule has 0 aliphatic carbocycles. The maximum Gasteiger partial charge on any atom is 0.255 e. The molecular formula is C16H22N2O2. The van der Waals surface area contributed by atoms with Crippen molar-refractivity contribution in [2.24, 2.45) is 5.73 Å². The van der Waals surface area contributed by atoms with E-state index in [9.17, 15) is 4.79 Å². The lowest BCUT2D eigenvalue weighted by molar-refractivity contribution is 0.0693. The van der Waals surface area contributed by atoms with E-state index in [2.05, 4.69) is 11.8 Å². The predicted molar refractivity (Wildman–Crippen MR) is 80.2 cm³/mol. The van der Waals surface area contributed by atoms with Crippen LogP contribution in [0.5, 0.6) is 0 Å². The average Bonchev–Trinajstić information content (AvgIpc) is 2.45. The minimum Gasteiger partial charge on any atom is -0.396 e. The van der Waals surface area contributed by atoms with E-state index in [1.807, 2.05) is 32.0 Å². The van der Waals surface area contributed by atoms with E-state index in [1.165, 1.54) is 0 Å². The van der Waals surface area contributed by atoms with Crippen molar-refractivity contribution in [2.75, 3.05) is 19.7 Å². The van der Waals surface area contributed by atoms with E-state index in [0.29, 0.717) is 24.1 Å². The molecule has 0 unspecified atom stereocenters. The van der Waals surface area contributed by atoms with Gasteiger partial charge in [-0.15, -0.1) is 0 Å². The molecule has 1 aromatic carbocycles. The zero-order chi connectivity index (χ0) is 15.0. The smallest absolute Gasteiger partial charge is 0.255 e. The molecule has 1 amide bonds. The molecule has 0 saturated heterocycles. The van der Waals surface area contributed by atoms with Crippen molar-refractivity contribution in [1.82, 2.24) is 4.90 Å². The predicted octanol–water partition coefficient (Wildman–Crippen LogP) is 1.23. The van der Waals surface area contributed by atoms with E-state index in [0.717, 1.165) is 0 Å². The highest BCUT2D eigenvalue weighted by molar-refractivity contribution is 5.96. The second-order valence-corrected chi connectivity index (χ2v) is 4.72. The van der Waals surface area contributed by atoms with Crippen molar-refractivity contribution in [3.8, 4) is 11.8 Å². The second kappa shape index (κ2) is 8.36. The normalized spacial score (nSPS) is 10.1. The maximum atomic E-state index is 12.6. The van der Waals surface area contributed by atoms with Gasteiger partial charge in [0, 0.05) is 24.8 Å². The fourth-order valence-corrected chi connectivity index (χ4v) is 1.91. The molecule has 0 spiro atoms. The lowest BCUT2D eigenvalue weighted by atomic mass is 10.1. The Morgan fingerprint density at radius 1 is 1.40 bits per heavy atom. The Morgan fingerprint density at radius 2 is 2.10 bits per heavy atom. The van der Waals surface area contributed by atoms with Gasteiger partial charge in [0.25, 0.3) is 5.91 Å². The van der Waals surface area contributed by atoms with Gasteiger partial charge >= 0.3 is 0 Å². The molecule has 1 rings (SSSR count). The van der Waals surface area contributed by atoms with Gasteiger partial charge in [0.2, 0.25) is 0 Å². The van der Waals surface area contributed by atoms with Crippen LogP contribution >= 0.6 is 0 Å². The molecule has 0 fully saturated rings. The van der Waals surface area contributed by atoms with Crippen LogP contribution in [0.4, 0.5) is 0 Å². The molecule has 108 valence electrons. The van der Waals surface area contributed by atoms with E-state index < -0.39 is 0 Å². The van der Waals surface area contributed by atoms with Crippen LogP contribution < -0.4 is 5.73 Å². The van der Waals surface area contributed by atoms with Crippen LogP contribution in [0.15, 0.2) is 24.3 Å². The van der Waals surface area contributed by atoms with Crippen LogP contribution in [0.25, 0.3) is 0 Å². The quantitative estimate of drug-likeness (QED) is 0.794. The highest BCUT2D eigenvalue weighted by Crippen LogP contribution is 2.13. The molecule has 0 aliphatic rings. The zero-order valence-corrected chi connectivity index (χ0v) is 12.1. The number of hydrogen-bond donors (Lipinski definition) is 2. The molecule has 1 aromatic rings. The van der Waals surface area contributed by atoms with Gasteiger partial charge in [-0.25, -0.2) is 0 Å². The lowest BCUT2D eigenvalue weighted by Gasteiger charge is -2.27. The Balaban J connectivity index is 3.05. The summed E-state index contributed by atoms with van der Waals surface area (Å²) < 4.78 is 0. The van der Waals surface area contributed by atoms with Gasteiger partial charge in [-0.05, 0) is 32.4 Å². The van der Waals surface area contributed by atoms with Crippen LogP contribution in [0.2, 0.25) is 0 Å². The number of carbonyl (C=O) groups excluding carboxylic acids is 1. The molecule has 0 bridgehead atoms. The van der Waals surface area contributed by atoms with Gasteiger partial charge in [0.1, 0.15) is 0 Å². The molecule has 0 saturated carbocycles. The number of benzene rings is 1. The second-order valence-electron chi connectivity index (χ2n) is 4.72. The molecule has 3 N–H and O–H groups in total. The standard InChI is InChI=1S/C16H22N2O2/c1-13(2)18(11-6-12-19)16(20)15-9-4-3-7-14(15)8-5-10-17/h3-4,7,9,13,19H,6,10-12,17H2,1-2H3. The third-order valence-electron chi connectivity index (χ3n) is 2.92. The van der Waals surface area contributed by atoms with Gasteiger partial charge in [-0.3, -0.25) is 4.79 Å². The maximum absolute atomic E-state index is 12.6. The first-order valence-electron chi connectivity index (χ1n) is 6.81. The van der Waals surface area contributed by atoms with Crippen molar-refractivity contribution in [3.63, 3.8) is 0 Å². The Labute approximate surface area is 120 Å². The van der Waals surface area contributed by atoms with E-state index in [4.69, 9.17) is 10.8 Å². The van der Waals surface area contributed by atoms with Crippen LogP contribution in [-0.4, -0.2) is 41.7 Å². The summed E-state index contributed by atoms with van der Waals surface area (Å²) in [5.41, 5.74) is 6.66. The number of nitrogens with zero attached hydrogens (tertiary/aromatic N) is 1. The first kappa shape index (κ1) is 16.2. The summed E-state index contributed by atoms with van der Waals surface area (Å²) >= 11 is 0. The van der Waals surface area contributed by atoms with Gasteiger partial charge in [-0.2, -0.15) is 0 Å². The number of amides is 1. The van der Waals surface area contributed by atoms with Gasteiger partial charge < -0.3 is 15.7 Å². The highest BCUT2D eigenvalue weighted by atomic mass is 16.3. The Morgan fingerprint density at radius 3 is 2.70 bits per heavy atom. The van der Waals surface area contributed by atoms with E-state index in [-0.39, 0.29) is 25.1 Å². The number of hydrogen-bond acceptors (Lipinski definition) is 3. The molecule has 4 nitrogen and oxygen atoms in total. The largest absolute Gasteiger partial charge is 0.396 e. The summed E-state index contributed by atoms with van der Waals surface area (Å²) in [6, 6.07) is 7.35. The lowest BCUT2D eigenvalue weighted by Crippen LogP contribution is -2.38. The van der Waals surface area contributed by atoms with Crippen LogP contribution in [0.1, 0.15) is 36.2 Å². The minimum atomic E-state index is -0.0598. The Hall–Kier alpha value is -1.83. The summed E-state index contributed by atoms with van der Waals surface area (Å²) in [6.07, 6.45) is 0.570. The topological polar surface area (TPSA) is 66.6 Å². The van der Waals surface area contributed by atoms with Crippen molar-refractivity contribution < 1.29 is 9.90 Å². The summed E-state index contributed by atoms with van der Waals surface area (Å²) in [6.45, 7) is 4.80. The number of aliphatic hydroxyl groups is 1. The summed E-state index contributed by atoms with van der Waals surface area (Å²) in [5, 5.41) is 8.95. The van der Waals surface area contributed by atoms with Gasteiger partial charge in [-0.1, -0.05) is 24.0 Å². The Bertz CT molecular complexity index is 501. The number of aliphatic hydroxyl groups excluding tert-OH is 1. The van der Waals surface area contributed by atoms with Crippen molar-refractivity contribution >= 4 is 5.91 Å². The molecule has 0 heterocycles. The Kier molecular flexibility index (Phi) is 6.78. The molecule has 0 aromatic heterocycles. The molecule has 0 atom stereocenters. The van der Waals surface area contributed by atoms with Crippen molar-refractivity contribution in [3.05, 3.63) is 35.4 Å². The van der Waals surface area contributed by atoms with E-state index >= 15 is 0 Å². The fourth-order valence-electron chi connectivity index (χ4n) is 1.91. The fraction of sp³-hybridized carbons (Fsp3) is 0.438. The summed E-state index contributed by atoms with van der Waals surface area (Å²) in [4.78, 5) is 14.4. The van der Waals surface area contributed by atoms with Gasteiger partial charge in [0.05, 0.1) is 12.1 Å². The number of rotatable bonds is 5. The third kappa shape index (κ3) is 4.37. The molecule has 0 radical (unpaired) electrons. The van der Waals surface area contributed by atoms with Crippen LogP contribution in [0.3, 0.4) is 0 Å². The summed E-state index contributed by atoms with van der Waals surface area (Å²) in [7, 11) is 0. The van der Waals surface area contributed by atoms with Crippen LogP contribution in [0, 0.1) is 11.8 Å². The molecule has 4 heteroatoms. The highest BCUT2D eigenvalue weighted by Gasteiger charge is 2.20. The molecular weight excluding hydrogens is 252 g/mol. The first-order valence-corrected chi connectivity index (χ1v) is 6.81. The SMILES string of the molecule is CC(C)N(CCCO)C(=O)c1ccccc1C#CCN. The first-order chi connectivity index (χ1) is 9.61. The van der Waals surface area contributed by atoms with Crippen molar-refractivity contribution in [2.45, 2.75) is 26.3 Å². The zero-order valence-electron chi connectivity index (χ0n) is 12.1. The van der Waals surface area contributed by atoms with E-state index in [1.54, 1.807) is 11.0 Å². The average molecular weight is 274 g/mol.